The van der Waals surface area contributed by atoms with Crippen LogP contribution >= 0.6 is 0 Å². The molecule has 1 aromatic heterocycles. The molecule has 0 unspecified atom stereocenters. The number of nitrogens with zero attached hydrogens (tertiary/aromatic N) is 4. The first-order chi connectivity index (χ1) is 12.0. The first kappa shape index (κ1) is 19.7. The lowest BCUT2D eigenvalue weighted by Gasteiger charge is -2.08. The van der Waals surface area contributed by atoms with Crippen LogP contribution < -0.4 is 5.32 Å². The smallest absolute Gasteiger partial charge is 0.271 e. The SMILES string of the molecule is C=C/C=C(\C=NC)c1ccnc(N/C(=C/C(=C\C=C)[N+](=O)[O-])CC)n1. The van der Waals surface area contributed by atoms with E-state index in [1.165, 1.54) is 18.2 Å². The molecule has 1 aromatic rings. The number of hydrogen-bond donors (Lipinski definition) is 1. The third-order valence-electron chi connectivity index (χ3n) is 2.99. The van der Waals surface area contributed by atoms with Gasteiger partial charge in [-0.25, -0.2) is 9.97 Å². The fourth-order valence-corrected chi connectivity index (χ4v) is 1.87. The molecule has 0 atom stereocenters. The first-order valence-electron chi connectivity index (χ1n) is 7.58. The van der Waals surface area contributed by atoms with Gasteiger partial charge in [-0.2, -0.15) is 0 Å². The third-order valence-corrected chi connectivity index (χ3v) is 2.99. The van der Waals surface area contributed by atoms with Crippen molar-refractivity contribution < 1.29 is 4.92 Å². The molecule has 1 heterocycles. The van der Waals surface area contributed by atoms with E-state index in [4.69, 9.17) is 0 Å². The minimum atomic E-state index is -0.473. The molecule has 0 aromatic carbocycles. The molecule has 130 valence electrons. The van der Waals surface area contributed by atoms with Crippen LogP contribution in [0.5, 0.6) is 0 Å². The van der Waals surface area contributed by atoms with Gasteiger partial charge < -0.3 is 5.32 Å². The molecule has 1 rings (SSSR count). The van der Waals surface area contributed by atoms with E-state index in [1.807, 2.05) is 6.92 Å². The average molecular weight is 339 g/mol. The quantitative estimate of drug-likeness (QED) is 0.320. The molecular weight excluding hydrogens is 318 g/mol. The number of allylic oxidation sites excluding steroid dienone is 7. The van der Waals surface area contributed by atoms with E-state index in [1.54, 1.807) is 37.7 Å². The Kier molecular flexibility index (Phi) is 8.22. The molecule has 0 aliphatic heterocycles. The number of nitrogens with one attached hydrogen (secondary N) is 1. The minimum Gasteiger partial charge on any atom is -0.328 e. The maximum atomic E-state index is 11.0. The van der Waals surface area contributed by atoms with Gasteiger partial charge in [0, 0.05) is 42.9 Å². The Morgan fingerprint density at radius 2 is 2.12 bits per heavy atom. The van der Waals surface area contributed by atoms with Gasteiger partial charge >= 0.3 is 0 Å². The predicted octanol–water partition coefficient (Wildman–Crippen LogP) is 3.80. The second kappa shape index (κ2) is 10.4. The van der Waals surface area contributed by atoms with Crippen molar-refractivity contribution in [1.82, 2.24) is 9.97 Å². The van der Waals surface area contributed by atoms with Gasteiger partial charge in [-0.3, -0.25) is 15.1 Å². The second-order valence-corrected chi connectivity index (χ2v) is 4.74. The molecule has 0 fully saturated rings. The summed E-state index contributed by atoms with van der Waals surface area (Å²) in [5.41, 5.74) is 1.98. The van der Waals surface area contributed by atoms with Crippen molar-refractivity contribution in [2.24, 2.45) is 4.99 Å². The highest BCUT2D eigenvalue weighted by molar-refractivity contribution is 6.09. The molecule has 0 bridgehead atoms. The van der Waals surface area contributed by atoms with Crippen molar-refractivity contribution in [3.05, 3.63) is 83.0 Å². The van der Waals surface area contributed by atoms with Crippen LogP contribution in [0.2, 0.25) is 0 Å². The summed E-state index contributed by atoms with van der Waals surface area (Å²) in [6.07, 6.45) is 11.4. The predicted molar refractivity (Wildman–Crippen MR) is 102 cm³/mol. The number of anilines is 1. The zero-order valence-corrected chi connectivity index (χ0v) is 14.3. The van der Waals surface area contributed by atoms with Gasteiger partial charge in [0.2, 0.25) is 5.95 Å². The number of rotatable bonds is 9. The van der Waals surface area contributed by atoms with Crippen molar-refractivity contribution in [2.75, 3.05) is 12.4 Å². The average Bonchev–Trinajstić information content (AvgIpc) is 2.60. The number of nitro groups is 1. The van der Waals surface area contributed by atoms with E-state index in [2.05, 4.69) is 33.4 Å². The van der Waals surface area contributed by atoms with Crippen LogP contribution in [-0.2, 0) is 0 Å². The van der Waals surface area contributed by atoms with Crippen LogP contribution in [0.4, 0.5) is 5.95 Å². The molecule has 0 aliphatic carbocycles. The highest BCUT2D eigenvalue weighted by Gasteiger charge is 2.09. The van der Waals surface area contributed by atoms with Crippen molar-refractivity contribution in [3.63, 3.8) is 0 Å². The summed E-state index contributed by atoms with van der Waals surface area (Å²) in [7, 11) is 1.67. The molecule has 0 amide bonds. The van der Waals surface area contributed by atoms with Gasteiger partial charge in [0.1, 0.15) is 0 Å². The van der Waals surface area contributed by atoms with Crippen LogP contribution in [0.25, 0.3) is 5.57 Å². The Morgan fingerprint density at radius 3 is 2.68 bits per heavy atom. The Balaban J connectivity index is 3.17. The van der Waals surface area contributed by atoms with Crippen molar-refractivity contribution >= 4 is 17.7 Å². The number of aliphatic imine (C=N–C) groups is 1. The maximum Gasteiger partial charge on any atom is 0.271 e. The van der Waals surface area contributed by atoms with E-state index in [0.717, 1.165) is 5.57 Å². The molecule has 1 N–H and O–H groups in total. The molecule has 0 spiro atoms. The number of hydrogen-bond acceptors (Lipinski definition) is 6. The molecule has 7 heteroatoms. The fraction of sp³-hybridized carbons (Fsp3) is 0.167. The molecule has 7 nitrogen and oxygen atoms in total. The Hall–Kier alpha value is -3.35. The zero-order chi connectivity index (χ0) is 18.7. The second-order valence-electron chi connectivity index (χ2n) is 4.74. The highest BCUT2D eigenvalue weighted by Crippen LogP contribution is 2.14. The minimum absolute atomic E-state index is 0.0686. The van der Waals surface area contributed by atoms with E-state index in [0.29, 0.717) is 23.8 Å². The van der Waals surface area contributed by atoms with Crippen molar-refractivity contribution in [1.29, 1.82) is 0 Å². The van der Waals surface area contributed by atoms with Crippen molar-refractivity contribution in [3.8, 4) is 0 Å². The Labute approximate surface area is 147 Å². The topological polar surface area (TPSA) is 93.3 Å². The molecule has 0 aliphatic rings. The lowest BCUT2D eigenvalue weighted by molar-refractivity contribution is -0.419. The van der Waals surface area contributed by atoms with Gasteiger partial charge in [-0.15, -0.1) is 0 Å². The lowest BCUT2D eigenvalue weighted by Crippen LogP contribution is -2.06. The summed E-state index contributed by atoms with van der Waals surface area (Å²) in [4.78, 5) is 23.1. The van der Waals surface area contributed by atoms with Gasteiger partial charge in [-0.05, 0) is 12.5 Å². The summed E-state index contributed by atoms with van der Waals surface area (Å²) in [6.45, 7) is 9.03. The van der Waals surface area contributed by atoms with E-state index >= 15 is 0 Å². The Morgan fingerprint density at radius 1 is 1.40 bits per heavy atom. The summed E-state index contributed by atoms with van der Waals surface area (Å²) in [5.74, 6) is 0.339. The molecule has 25 heavy (non-hydrogen) atoms. The van der Waals surface area contributed by atoms with Crippen LogP contribution in [0.1, 0.15) is 19.0 Å². The maximum absolute atomic E-state index is 11.0. The normalized spacial score (nSPS) is 13.0. The highest BCUT2D eigenvalue weighted by atomic mass is 16.6. The van der Waals surface area contributed by atoms with Gasteiger partial charge in [0.25, 0.3) is 5.70 Å². The van der Waals surface area contributed by atoms with E-state index in [9.17, 15) is 10.1 Å². The zero-order valence-electron chi connectivity index (χ0n) is 14.3. The Bertz CT molecular complexity index is 760. The summed E-state index contributed by atoms with van der Waals surface area (Å²) >= 11 is 0. The lowest BCUT2D eigenvalue weighted by atomic mass is 10.2. The van der Waals surface area contributed by atoms with Crippen LogP contribution in [0.15, 0.2) is 72.2 Å². The van der Waals surface area contributed by atoms with Crippen LogP contribution in [0, 0.1) is 10.1 Å². The monoisotopic (exact) mass is 339 g/mol. The fourth-order valence-electron chi connectivity index (χ4n) is 1.87. The summed E-state index contributed by atoms with van der Waals surface area (Å²) in [5, 5.41) is 14.0. The van der Waals surface area contributed by atoms with E-state index in [-0.39, 0.29) is 5.70 Å². The van der Waals surface area contributed by atoms with Crippen molar-refractivity contribution in [2.45, 2.75) is 13.3 Å². The molecule has 0 saturated heterocycles. The molecule has 0 radical (unpaired) electrons. The van der Waals surface area contributed by atoms with Gasteiger partial charge in [-0.1, -0.05) is 38.3 Å². The molecular formula is C18H21N5O2. The van der Waals surface area contributed by atoms with Crippen LogP contribution in [-0.4, -0.2) is 28.2 Å². The standard InChI is InChI=1S/C18H21N5O2/c1-5-8-14(13-19-4)17-10-11-20-18(22-17)21-15(7-3)12-16(9-6-2)23(24)25/h5-6,8-13H,1-2,7H2,3-4H3,(H,20,21,22)/b14-8+,15-12+,16-9+,19-13?. The van der Waals surface area contributed by atoms with E-state index < -0.39 is 4.92 Å². The third kappa shape index (κ3) is 6.34. The first-order valence-corrected chi connectivity index (χ1v) is 7.58. The largest absolute Gasteiger partial charge is 0.328 e. The van der Waals surface area contributed by atoms with Crippen LogP contribution in [0.3, 0.4) is 0 Å². The van der Waals surface area contributed by atoms with Gasteiger partial charge in [0.05, 0.1) is 10.6 Å². The molecule has 0 saturated carbocycles. The van der Waals surface area contributed by atoms with Gasteiger partial charge in [0.15, 0.2) is 0 Å². The summed E-state index contributed by atoms with van der Waals surface area (Å²) in [6, 6.07) is 1.75. The summed E-state index contributed by atoms with van der Waals surface area (Å²) < 4.78 is 0. The number of aromatic nitrogens is 2.